The first kappa shape index (κ1) is 23.7. The molecule has 0 radical (unpaired) electrons. The van der Waals surface area contributed by atoms with E-state index in [4.69, 9.17) is 4.42 Å². The number of fused-ring (bicyclic) bond motifs is 1. The fraction of sp³-hybridized carbons (Fsp3) is 0.0714. The van der Waals surface area contributed by atoms with Crippen LogP contribution in [0.15, 0.2) is 101 Å². The van der Waals surface area contributed by atoms with Crippen molar-refractivity contribution >= 4 is 28.7 Å². The summed E-state index contributed by atoms with van der Waals surface area (Å²) in [4.78, 5) is 41.8. The van der Waals surface area contributed by atoms with Crippen molar-refractivity contribution in [1.82, 2.24) is 9.55 Å². The molecule has 0 bridgehead atoms. The minimum Gasteiger partial charge on any atom is -0.481 e. The lowest BCUT2D eigenvalue weighted by Crippen LogP contribution is -2.29. The van der Waals surface area contributed by atoms with Crippen LogP contribution in [0.4, 0.5) is 10.1 Å². The second-order valence-corrected chi connectivity index (χ2v) is 8.38. The molecule has 2 aromatic heterocycles. The average Bonchev–Trinajstić information content (AvgIpc) is 3.35. The number of amides is 1. The molecule has 1 amide bonds. The summed E-state index contributed by atoms with van der Waals surface area (Å²) in [6, 6.07) is 20.7. The van der Waals surface area contributed by atoms with Gasteiger partial charge in [0.1, 0.15) is 22.8 Å². The van der Waals surface area contributed by atoms with E-state index >= 15 is 4.39 Å². The van der Waals surface area contributed by atoms with Crippen molar-refractivity contribution < 1.29 is 23.5 Å². The molecule has 0 aliphatic heterocycles. The number of aromatic nitrogens is 2. The Morgan fingerprint density at radius 2 is 1.76 bits per heavy atom. The van der Waals surface area contributed by atoms with Crippen LogP contribution < -0.4 is 10.9 Å². The van der Waals surface area contributed by atoms with E-state index in [1.807, 2.05) is 30.3 Å². The Morgan fingerprint density at radius 3 is 2.51 bits per heavy atom. The van der Waals surface area contributed by atoms with Gasteiger partial charge in [-0.2, -0.15) is 0 Å². The first-order valence-corrected chi connectivity index (χ1v) is 11.3. The maximum Gasteiger partial charge on any atom is 0.315 e. The molecule has 0 saturated carbocycles. The third-order valence-corrected chi connectivity index (χ3v) is 5.97. The Labute approximate surface area is 209 Å². The quantitative estimate of drug-likeness (QED) is 0.338. The van der Waals surface area contributed by atoms with E-state index in [0.29, 0.717) is 16.7 Å². The number of anilines is 1. The van der Waals surface area contributed by atoms with Crippen LogP contribution in [0.3, 0.4) is 0 Å². The Morgan fingerprint density at radius 1 is 1.00 bits per heavy atom. The number of halogens is 1. The first-order chi connectivity index (χ1) is 17.9. The normalized spacial score (nSPS) is 11.8. The van der Waals surface area contributed by atoms with Gasteiger partial charge in [-0.25, -0.2) is 9.37 Å². The maximum absolute atomic E-state index is 15.0. The molecule has 5 aromatic rings. The van der Waals surface area contributed by atoms with Gasteiger partial charge in [-0.05, 0) is 53.1 Å². The van der Waals surface area contributed by atoms with Crippen molar-refractivity contribution in [2.24, 2.45) is 0 Å². The third-order valence-electron chi connectivity index (χ3n) is 5.97. The van der Waals surface area contributed by atoms with Gasteiger partial charge in [0.05, 0.1) is 12.2 Å². The lowest BCUT2D eigenvalue weighted by Gasteiger charge is -2.15. The molecule has 0 fully saturated rings. The standard InChI is InChI=1S/C28H20FN3O5/c29-21-13-18(25(28(35)36)19-9-11-24-23(14-19)30-16-37-24)8-10-22(21)31-26(33)20-7-4-12-32(27(20)34)15-17-5-2-1-3-6-17/h1-14,16,25H,15H2,(H,31,33)(H,35,36). The number of hydrogen-bond donors (Lipinski definition) is 2. The summed E-state index contributed by atoms with van der Waals surface area (Å²) in [5, 5.41) is 12.3. The van der Waals surface area contributed by atoms with Crippen molar-refractivity contribution in [2.75, 3.05) is 5.32 Å². The van der Waals surface area contributed by atoms with Gasteiger partial charge < -0.3 is 19.4 Å². The molecule has 184 valence electrons. The van der Waals surface area contributed by atoms with Crippen molar-refractivity contribution in [1.29, 1.82) is 0 Å². The van der Waals surface area contributed by atoms with E-state index in [2.05, 4.69) is 10.3 Å². The lowest BCUT2D eigenvalue weighted by molar-refractivity contribution is -0.137. The molecular weight excluding hydrogens is 477 g/mol. The summed E-state index contributed by atoms with van der Waals surface area (Å²) < 4.78 is 21.6. The molecule has 37 heavy (non-hydrogen) atoms. The average molecular weight is 497 g/mol. The molecule has 0 aliphatic rings. The van der Waals surface area contributed by atoms with Gasteiger partial charge in [0.2, 0.25) is 0 Å². The fourth-order valence-electron chi connectivity index (χ4n) is 4.15. The van der Waals surface area contributed by atoms with Crippen LogP contribution in [0.1, 0.15) is 33.0 Å². The number of benzene rings is 3. The SMILES string of the molecule is O=C(Nc1ccc(C(C(=O)O)c2ccc3ocnc3c2)cc1F)c1cccn(Cc2ccccc2)c1=O. The number of rotatable bonds is 7. The zero-order valence-corrected chi connectivity index (χ0v) is 19.3. The molecule has 0 spiro atoms. The molecule has 5 rings (SSSR count). The number of hydrogen-bond acceptors (Lipinski definition) is 5. The van der Waals surface area contributed by atoms with Crippen LogP contribution >= 0.6 is 0 Å². The largest absolute Gasteiger partial charge is 0.481 e. The van der Waals surface area contributed by atoms with Gasteiger partial charge >= 0.3 is 5.97 Å². The molecule has 0 aliphatic carbocycles. The van der Waals surface area contributed by atoms with Gasteiger partial charge in [-0.15, -0.1) is 0 Å². The number of pyridine rings is 1. The zero-order valence-electron chi connectivity index (χ0n) is 19.3. The number of carboxylic acid groups (broad SMARTS) is 1. The number of nitrogens with one attached hydrogen (secondary N) is 1. The van der Waals surface area contributed by atoms with Gasteiger partial charge in [0.25, 0.3) is 11.5 Å². The summed E-state index contributed by atoms with van der Waals surface area (Å²) in [7, 11) is 0. The Hall–Kier alpha value is -5.05. The summed E-state index contributed by atoms with van der Waals surface area (Å²) in [5.41, 5.74) is 1.60. The van der Waals surface area contributed by atoms with E-state index in [-0.39, 0.29) is 23.4 Å². The highest BCUT2D eigenvalue weighted by atomic mass is 19.1. The molecule has 3 aromatic carbocycles. The summed E-state index contributed by atoms with van der Waals surface area (Å²) in [6.45, 7) is 0.278. The first-order valence-electron chi connectivity index (χ1n) is 11.3. The highest BCUT2D eigenvalue weighted by Crippen LogP contribution is 2.30. The van der Waals surface area contributed by atoms with E-state index in [0.717, 1.165) is 11.6 Å². The monoisotopic (exact) mass is 497 g/mol. The van der Waals surface area contributed by atoms with E-state index in [9.17, 15) is 19.5 Å². The number of nitrogens with zero attached hydrogens (tertiary/aromatic N) is 2. The predicted molar refractivity (Wildman–Crippen MR) is 134 cm³/mol. The van der Waals surface area contributed by atoms with Gasteiger partial charge in [0, 0.05) is 6.20 Å². The van der Waals surface area contributed by atoms with Crippen molar-refractivity contribution in [3.8, 4) is 0 Å². The number of carbonyl (C=O) groups excluding carboxylic acids is 1. The van der Waals surface area contributed by atoms with Crippen LogP contribution in [0.25, 0.3) is 11.1 Å². The molecule has 2 N–H and O–H groups in total. The molecule has 9 heteroatoms. The van der Waals surface area contributed by atoms with Crippen molar-refractivity contribution in [2.45, 2.75) is 12.5 Å². The van der Waals surface area contributed by atoms with Gasteiger partial charge in [-0.3, -0.25) is 14.4 Å². The Balaban J connectivity index is 1.39. The topological polar surface area (TPSA) is 114 Å². The number of carbonyl (C=O) groups is 2. The molecule has 1 unspecified atom stereocenters. The molecule has 8 nitrogen and oxygen atoms in total. The van der Waals surface area contributed by atoms with Crippen LogP contribution in [-0.2, 0) is 11.3 Å². The summed E-state index contributed by atoms with van der Waals surface area (Å²) in [6.07, 6.45) is 2.83. The molecule has 2 heterocycles. The highest BCUT2D eigenvalue weighted by molar-refractivity contribution is 6.04. The molecule has 0 saturated heterocycles. The number of carboxylic acids is 1. The Bertz CT molecular complexity index is 1680. The molecule has 1 atom stereocenters. The maximum atomic E-state index is 15.0. The van der Waals surface area contributed by atoms with Crippen molar-refractivity contribution in [3.05, 3.63) is 130 Å². The smallest absolute Gasteiger partial charge is 0.315 e. The van der Waals surface area contributed by atoms with Crippen LogP contribution in [-0.4, -0.2) is 26.5 Å². The second kappa shape index (κ2) is 9.90. The van der Waals surface area contributed by atoms with Crippen LogP contribution in [0, 0.1) is 5.82 Å². The number of oxazole rings is 1. The predicted octanol–water partition coefficient (Wildman–Crippen LogP) is 4.65. The van der Waals surface area contributed by atoms with E-state index in [1.54, 1.807) is 30.5 Å². The van der Waals surface area contributed by atoms with E-state index in [1.165, 1.54) is 29.2 Å². The minimum absolute atomic E-state index is 0.147. The van der Waals surface area contributed by atoms with Crippen molar-refractivity contribution in [3.63, 3.8) is 0 Å². The lowest BCUT2D eigenvalue weighted by atomic mass is 9.91. The van der Waals surface area contributed by atoms with Gasteiger partial charge in [0.15, 0.2) is 12.0 Å². The van der Waals surface area contributed by atoms with Crippen LogP contribution in [0.5, 0.6) is 0 Å². The number of aliphatic carboxylic acids is 1. The van der Waals surface area contributed by atoms with Gasteiger partial charge in [-0.1, -0.05) is 42.5 Å². The van der Waals surface area contributed by atoms with Crippen LogP contribution in [0.2, 0.25) is 0 Å². The fourth-order valence-corrected chi connectivity index (χ4v) is 4.15. The minimum atomic E-state index is -1.18. The summed E-state index contributed by atoms with van der Waals surface area (Å²) in [5.74, 6) is -3.95. The van der Waals surface area contributed by atoms with E-state index < -0.39 is 29.2 Å². The third kappa shape index (κ3) is 4.87. The summed E-state index contributed by atoms with van der Waals surface area (Å²) >= 11 is 0. The Kier molecular flexibility index (Phi) is 6.34. The molecular formula is C28H20FN3O5. The highest BCUT2D eigenvalue weighted by Gasteiger charge is 2.24. The zero-order chi connectivity index (χ0) is 25.9. The second-order valence-electron chi connectivity index (χ2n) is 8.38.